The third-order valence-electron chi connectivity index (χ3n) is 8.59. The Kier molecular flexibility index (Phi) is 5.13. The summed E-state index contributed by atoms with van der Waals surface area (Å²) in [6, 6.07) is 55.4. The Hall–Kier alpha value is -5.18. The van der Waals surface area contributed by atoms with Crippen molar-refractivity contribution in [3.8, 4) is 0 Å². The average Bonchev–Trinajstić information content (AvgIpc) is 3.45. The summed E-state index contributed by atoms with van der Waals surface area (Å²) < 4.78 is 2.66. The highest BCUT2D eigenvalue weighted by molar-refractivity contribution is 7.27. The van der Waals surface area contributed by atoms with E-state index in [1.165, 1.54) is 74.6 Å². The molecule has 0 N–H and O–H groups in total. The van der Waals surface area contributed by atoms with E-state index in [-0.39, 0.29) is 0 Å². The van der Waals surface area contributed by atoms with E-state index in [1.54, 1.807) is 0 Å². The molecule has 9 rings (SSSR count). The van der Waals surface area contributed by atoms with Crippen LogP contribution in [-0.2, 0) is 0 Å². The molecule has 0 aliphatic carbocycles. The van der Waals surface area contributed by atoms with Gasteiger partial charge in [0.2, 0.25) is 0 Å². The zero-order chi connectivity index (χ0) is 27.6. The van der Waals surface area contributed by atoms with Gasteiger partial charge in [-0.25, -0.2) is 0 Å². The quantitative estimate of drug-likeness (QED) is 0.197. The molecule has 0 atom stereocenters. The van der Waals surface area contributed by atoms with E-state index in [1.807, 2.05) is 11.3 Å². The molecule has 0 aliphatic heterocycles. The summed E-state index contributed by atoms with van der Waals surface area (Å²) in [5.41, 5.74) is 3.53. The number of nitrogens with zero attached hydrogens (tertiary/aromatic N) is 1. The smallest absolute Gasteiger partial charge is 0.0554 e. The standard InChI is InChI=1S/C40H25NS/c1-2-14-28(15-3-1)41(36-24-27-13-5-6-16-29(27)31-18-8-9-19-32(31)36)37-25-38-39(34-21-11-10-20-33(34)37)35-23-22-26-12-4-7-17-30(26)40(35)42-38/h1-25H. The number of para-hydroxylation sites is 1. The van der Waals surface area contributed by atoms with Crippen LogP contribution in [0.4, 0.5) is 17.1 Å². The molecule has 1 nitrogen and oxygen atoms in total. The monoisotopic (exact) mass is 551 g/mol. The molecule has 0 saturated carbocycles. The van der Waals surface area contributed by atoms with Gasteiger partial charge in [-0.1, -0.05) is 127 Å². The molecule has 0 bridgehead atoms. The number of fused-ring (bicyclic) bond motifs is 10. The van der Waals surface area contributed by atoms with Crippen LogP contribution in [0.5, 0.6) is 0 Å². The Bertz CT molecular complexity index is 2470. The first-order chi connectivity index (χ1) is 20.8. The second-order valence-electron chi connectivity index (χ2n) is 10.9. The number of anilines is 3. The Labute approximate surface area is 247 Å². The highest BCUT2D eigenvalue weighted by atomic mass is 32.1. The molecule has 196 valence electrons. The molecule has 0 aliphatic rings. The molecule has 0 unspecified atom stereocenters. The molecule has 0 spiro atoms. The second kappa shape index (κ2) is 9.17. The Balaban J connectivity index is 1.44. The van der Waals surface area contributed by atoms with Crippen molar-refractivity contribution in [2.45, 2.75) is 0 Å². The largest absolute Gasteiger partial charge is 0.309 e. The van der Waals surface area contributed by atoms with Gasteiger partial charge in [0.15, 0.2) is 0 Å². The van der Waals surface area contributed by atoms with Crippen molar-refractivity contribution in [3.05, 3.63) is 152 Å². The van der Waals surface area contributed by atoms with Gasteiger partial charge in [0.1, 0.15) is 0 Å². The maximum atomic E-state index is 2.47. The lowest BCUT2D eigenvalue weighted by Crippen LogP contribution is -2.11. The van der Waals surface area contributed by atoms with Gasteiger partial charge in [-0.3, -0.25) is 0 Å². The fourth-order valence-corrected chi connectivity index (χ4v) is 8.03. The third kappa shape index (κ3) is 3.43. The van der Waals surface area contributed by atoms with Crippen molar-refractivity contribution >= 4 is 91.7 Å². The lowest BCUT2D eigenvalue weighted by atomic mass is 9.97. The van der Waals surface area contributed by atoms with Crippen molar-refractivity contribution < 1.29 is 0 Å². The summed E-state index contributed by atoms with van der Waals surface area (Å²) in [5, 5.41) is 12.9. The van der Waals surface area contributed by atoms with Crippen LogP contribution in [0, 0.1) is 0 Å². The van der Waals surface area contributed by atoms with Gasteiger partial charge in [-0.15, -0.1) is 11.3 Å². The van der Waals surface area contributed by atoms with Gasteiger partial charge < -0.3 is 4.90 Å². The minimum absolute atomic E-state index is 1.15. The topological polar surface area (TPSA) is 3.24 Å². The third-order valence-corrected chi connectivity index (χ3v) is 9.78. The number of benzene rings is 8. The Morgan fingerprint density at radius 1 is 0.381 bits per heavy atom. The summed E-state index contributed by atoms with van der Waals surface area (Å²) in [6.45, 7) is 0. The molecule has 0 radical (unpaired) electrons. The second-order valence-corrected chi connectivity index (χ2v) is 12.0. The van der Waals surface area contributed by atoms with Crippen molar-refractivity contribution in [2.24, 2.45) is 0 Å². The first-order valence-corrected chi connectivity index (χ1v) is 15.2. The molecule has 8 aromatic carbocycles. The van der Waals surface area contributed by atoms with Crippen LogP contribution in [0.15, 0.2) is 152 Å². The minimum atomic E-state index is 1.15. The van der Waals surface area contributed by atoms with Gasteiger partial charge in [-0.05, 0) is 56.6 Å². The predicted molar refractivity (Wildman–Crippen MR) is 184 cm³/mol. The molecule has 1 aromatic heterocycles. The Morgan fingerprint density at radius 3 is 1.74 bits per heavy atom. The van der Waals surface area contributed by atoms with E-state index in [2.05, 4.69) is 157 Å². The molecule has 9 aromatic rings. The number of hydrogen-bond acceptors (Lipinski definition) is 2. The van der Waals surface area contributed by atoms with Gasteiger partial charge in [-0.2, -0.15) is 0 Å². The van der Waals surface area contributed by atoms with Crippen molar-refractivity contribution in [1.29, 1.82) is 0 Å². The zero-order valence-electron chi connectivity index (χ0n) is 22.8. The van der Waals surface area contributed by atoms with E-state index < -0.39 is 0 Å². The van der Waals surface area contributed by atoms with Crippen LogP contribution in [0.2, 0.25) is 0 Å². The van der Waals surface area contributed by atoms with Crippen molar-refractivity contribution in [1.82, 2.24) is 0 Å². The molecular formula is C40H25NS. The van der Waals surface area contributed by atoms with E-state index in [4.69, 9.17) is 0 Å². The SMILES string of the molecule is c1ccc(N(c2cc3ccccc3c3ccccc23)c2cc3sc4c5ccccc5ccc4c3c3ccccc23)cc1. The van der Waals surface area contributed by atoms with E-state index in [9.17, 15) is 0 Å². The van der Waals surface area contributed by atoms with Gasteiger partial charge in [0, 0.05) is 36.6 Å². The fourth-order valence-electron chi connectivity index (χ4n) is 6.74. The number of rotatable bonds is 3. The summed E-state index contributed by atoms with van der Waals surface area (Å²) >= 11 is 1.91. The normalized spacial score (nSPS) is 11.8. The minimum Gasteiger partial charge on any atom is -0.309 e. The highest BCUT2D eigenvalue weighted by Crippen LogP contribution is 2.49. The maximum Gasteiger partial charge on any atom is 0.0554 e. The van der Waals surface area contributed by atoms with Crippen LogP contribution in [-0.4, -0.2) is 0 Å². The average molecular weight is 552 g/mol. The zero-order valence-corrected chi connectivity index (χ0v) is 23.6. The molecule has 42 heavy (non-hydrogen) atoms. The van der Waals surface area contributed by atoms with Crippen LogP contribution in [0.3, 0.4) is 0 Å². The summed E-state index contributed by atoms with van der Waals surface area (Å²) in [4.78, 5) is 2.47. The number of hydrogen-bond donors (Lipinski definition) is 0. The lowest BCUT2D eigenvalue weighted by molar-refractivity contribution is 1.32. The fraction of sp³-hybridized carbons (Fsp3) is 0. The van der Waals surface area contributed by atoms with Gasteiger partial charge in [0.05, 0.1) is 11.4 Å². The van der Waals surface area contributed by atoms with Crippen molar-refractivity contribution in [2.75, 3.05) is 4.90 Å². The van der Waals surface area contributed by atoms with Crippen LogP contribution in [0.1, 0.15) is 0 Å². The van der Waals surface area contributed by atoms with E-state index in [0.717, 1.165) is 5.69 Å². The Morgan fingerprint density at radius 2 is 0.952 bits per heavy atom. The first kappa shape index (κ1) is 23.5. The molecule has 0 fully saturated rings. The highest BCUT2D eigenvalue weighted by Gasteiger charge is 2.22. The van der Waals surface area contributed by atoms with E-state index >= 15 is 0 Å². The summed E-state index contributed by atoms with van der Waals surface area (Å²) in [7, 11) is 0. The summed E-state index contributed by atoms with van der Waals surface area (Å²) in [6.07, 6.45) is 0. The first-order valence-electron chi connectivity index (χ1n) is 14.4. The molecule has 2 heteroatoms. The maximum absolute atomic E-state index is 2.47. The molecule has 0 saturated heterocycles. The molecule has 0 amide bonds. The van der Waals surface area contributed by atoms with Crippen molar-refractivity contribution in [3.63, 3.8) is 0 Å². The number of thiophene rings is 1. The van der Waals surface area contributed by atoms with E-state index in [0.29, 0.717) is 0 Å². The molecule has 1 heterocycles. The van der Waals surface area contributed by atoms with Crippen LogP contribution < -0.4 is 4.90 Å². The lowest BCUT2D eigenvalue weighted by Gasteiger charge is -2.29. The van der Waals surface area contributed by atoms with Crippen LogP contribution in [0.25, 0.3) is 63.3 Å². The van der Waals surface area contributed by atoms with Gasteiger partial charge >= 0.3 is 0 Å². The van der Waals surface area contributed by atoms with Crippen LogP contribution >= 0.6 is 11.3 Å². The summed E-state index contributed by atoms with van der Waals surface area (Å²) in [5.74, 6) is 0. The predicted octanol–water partition coefficient (Wildman–Crippen LogP) is 12.1. The van der Waals surface area contributed by atoms with Gasteiger partial charge in [0.25, 0.3) is 0 Å². The molecular weight excluding hydrogens is 527 g/mol.